The number of aromatic nitrogens is 1. The molecule has 8 heteroatoms. The van der Waals surface area contributed by atoms with Crippen molar-refractivity contribution in [3.8, 4) is 23.0 Å². The Morgan fingerprint density at radius 3 is 2.57 bits per heavy atom. The van der Waals surface area contributed by atoms with Crippen molar-refractivity contribution in [1.29, 1.82) is 0 Å². The minimum Gasteiger partial charge on any atom is -0.497 e. The van der Waals surface area contributed by atoms with Gasteiger partial charge in [-0.05, 0) is 79.7 Å². The number of unbranched alkanes of at least 4 members (excludes halogenated alkanes) is 1. The molecule has 2 N–H and O–H groups in total. The van der Waals surface area contributed by atoms with Crippen LogP contribution in [0.5, 0.6) is 11.5 Å². The number of amides is 1. The van der Waals surface area contributed by atoms with Crippen LogP contribution in [0.2, 0.25) is 0 Å². The van der Waals surface area contributed by atoms with Crippen molar-refractivity contribution in [3.63, 3.8) is 0 Å². The van der Waals surface area contributed by atoms with Gasteiger partial charge in [0, 0.05) is 22.9 Å². The minimum atomic E-state index is -0.302. The fraction of sp³-hybridized carbons (Fsp3) is 0.222. The highest BCUT2D eigenvalue weighted by Crippen LogP contribution is 2.29. The van der Waals surface area contributed by atoms with Gasteiger partial charge in [-0.25, -0.2) is 4.98 Å². The molecule has 0 fully saturated rings. The normalized spacial score (nSPS) is 10.7. The van der Waals surface area contributed by atoms with Gasteiger partial charge in [-0.2, -0.15) is 0 Å². The van der Waals surface area contributed by atoms with Crippen LogP contribution in [0.1, 0.15) is 35.7 Å². The van der Waals surface area contributed by atoms with E-state index in [2.05, 4.69) is 22.5 Å². The summed E-state index contributed by atoms with van der Waals surface area (Å²) >= 11 is 5.39. The molecule has 0 saturated carbocycles. The molecule has 7 nitrogen and oxygen atoms in total. The van der Waals surface area contributed by atoms with Crippen molar-refractivity contribution in [3.05, 3.63) is 71.8 Å². The first kappa shape index (κ1) is 24.2. The Balaban J connectivity index is 1.43. The van der Waals surface area contributed by atoms with Crippen LogP contribution in [0.3, 0.4) is 0 Å². The molecule has 0 spiro atoms. The zero-order valence-electron chi connectivity index (χ0n) is 19.9. The number of nitrogens with one attached hydrogen (secondary N) is 2. The van der Waals surface area contributed by atoms with Crippen LogP contribution in [0.25, 0.3) is 22.6 Å². The van der Waals surface area contributed by atoms with Crippen molar-refractivity contribution in [2.75, 3.05) is 19.0 Å². The molecule has 0 saturated heterocycles. The predicted octanol–water partition coefficient (Wildman–Crippen LogP) is 6.12. The van der Waals surface area contributed by atoms with Crippen molar-refractivity contribution < 1.29 is 18.7 Å². The summed E-state index contributed by atoms with van der Waals surface area (Å²) in [6, 6.07) is 18.2. The number of thiocarbonyl (C=S) groups is 1. The quantitative estimate of drug-likeness (QED) is 0.228. The average Bonchev–Trinajstić information content (AvgIpc) is 3.29. The smallest absolute Gasteiger partial charge is 0.257 e. The Labute approximate surface area is 209 Å². The number of carbonyl (C=O) groups excluding carboxylic acids is 1. The predicted molar refractivity (Wildman–Crippen MR) is 141 cm³/mol. The monoisotopic (exact) mass is 489 g/mol. The summed E-state index contributed by atoms with van der Waals surface area (Å²) in [5.41, 5.74) is 4.34. The van der Waals surface area contributed by atoms with Gasteiger partial charge in [0.1, 0.15) is 17.0 Å². The van der Waals surface area contributed by atoms with E-state index < -0.39 is 0 Å². The number of rotatable bonds is 8. The number of aryl methyl sites for hydroxylation is 1. The summed E-state index contributed by atoms with van der Waals surface area (Å²) < 4.78 is 16.8. The highest BCUT2D eigenvalue weighted by molar-refractivity contribution is 7.80. The molecule has 0 aliphatic carbocycles. The highest BCUT2D eigenvalue weighted by atomic mass is 32.1. The minimum absolute atomic E-state index is 0.195. The largest absolute Gasteiger partial charge is 0.497 e. The molecule has 4 aromatic rings. The van der Waals surface area contributed by atoms with E-state index in [9.17, 15) is 4.79 Å². The van der Waals surface area contributed by atoms with Crippen LogP contribution in [0.15, 0.2) is 65.1 Å². The van der Waals surface area contributed by atoms with E-state index in [-0.39, 0.29) is 11.0 Å². The standard InChI is InChI=1S/C27H27N3O4S/c1-4-5-14-33-20-10-8-18(9-11-20)25(31)30-27(35)29-22-15-19(7-6-17(22)2)26-28-23-16-21(32-3)12-13-24(23)34-26/h6-13,15-16H,4-5,14H2,1-3H3,(H2,29,30,31,35). The SMILES string of the molecule is CCCCOc1ccc(C(=O)NC(=S)Nc2cc(-c3nc4cc(OC)ccc4o3)ccc2C)cc1. The van der Waals surface area contributed by atoms with E-state index in [0.717, 1.165) is 35.4 Å². The summed E-state index contributed by atoms with van der Waals surface area (Å²) in [6.07, 6.45) is 2.06. The summed E-state index contributed by atoms with van der Waals surface area (Å²) in [7, 11) is 1.61. The van der Waals surface area contributed by atoms with Crippen molar-refractivity contribution in [2.45, 2.75) is 26.7 Å². The first-order chi connectivity index (χ1) is 17.0. The Morgan fingerprint density at radius 2 is 1.83 bits per heavy atom. The maximum Gasteiger partial charge on any atom is 0.257 e. The van der Waals surface area contributed by atoms with Crippen LogP contribution < -0.4 is 20.1 Å². The van der Waals surface area contributed by atoms with Gasteiger partial charge in [0.2, 0.25) is 5.89 Å². The fourth-order valence-electron chi connectivity index (χ4n) is 3.41. The van der Waals surface area contributed by atoms with Crippen LogP contribution in [-0.2, 0) is 0 Å². The molecule has 1 heterocycles. The zero-order valence-corrected chi connectivity index (χ0v) is 20.7. The summed E-state index contributed by atoms with van der Waals surface area (Å²) in [6.45, 7) is 4.72. The fourth-order valence-corrected chi connectivity index (χ4v) is 3.62. The van der Waals surface area contributed by atoms with E-state index in [1.54, 1.807) is 31.4 Å². The molecule has 35 heavy (non-hydrogen) atoms. The number of anilines is 1. The van der Waals surface area contributed by atoms with Crippen LogP contribution in [-0.4, -0.2) is 29.7 Å². The van der Waals surface area contributed by atoms with E-state index in [1.165, 1.54) is 0 Å². The molecule has 0 unspecified atom stereocenters. The lowest BCUT2D eigenvalue weighted by Crippen LogP contribution is -2.34. The second kappa shape index (κ2) is 11.0. The summed E-state index contributed by atoms with van der Waals surface area (Å²) in [5.74, 6) is 1.63. The third kappa shape index (κ3) is 5.96. The number of ether oxygens (including phenoxy) is 2. The Hall–Kier alpha value is -3.91. The first-order valence-electron chi connectivity index (χ1n) is 11.4. The lowest BCUT2D eigenvalue weighted by atomic mass is 10.1. The third-order valence-electron chi connectivity index (χ3n) is 5.44. The molecule has 0 aliphatic heterocycles. The maximum absolute atomic E-state index is 12.6. The second-order valence-corrected chi connectivity index (χ2v) is 8.43. The Morgan fingerprint density at radius 1 is 1.06 bits per heavy atom. The molecule has 1 aromatic heterocycles. The molecular formula is C27H27N3O4S. The third-order valence-corrected chi connectivity index (χ3v) is 5.64. The molecule has 1 amide bonds. The molecule has 180 valence electrons. The van der Waals surface area contributed by atoms with Crippen molar-refractivity contribution in [2.24, 2.45) is 0 Å². The van der Waals surface area contributed by atoms with Gasteiger partial charge in [-0.1, -0.05) is 19.4 Å². The number of benzene rings is 3. The molecule has 3 aromatic carbocycles. The number of fused-ring (bicyclic) bond motifs is 1. The average molecular weight is 490 g/mol. The first-order valence-corrected chi connectivity index (χ1v) is 11.8. The lowest BCUT2D eigenvalue weighted by Gasteiger charge is -2.13. The van der Waals surface area contributed by atoms with E-state index >= 15 is 0 Å². The lowest BCUT2D eigenvalue weighted by molar-refractivity contribution is 0.0977. The summed E-state index contributed by atoms with van der Waals surface area (Å²) in [5, 5.41) is 6.02. The number of nitrogens with zero attached hydrogens (tertiary/aromatic N) is 1. The van der Waals surface area contributed by atoms with Crippen LogP contribution in [0, 0.1) is 6.92 Å². The number of hydrogen-bond donors (Lipinski definition) is 2. The maximum atomic E-state index is 12.6. The number of methoxy groups -OCH3 is 1. The van der Waals surface area contributed by atoms with Gasteiger partial charge >= 0.3 is 0 Å². The molecule has 4 rings (SSSR count). The van der Waals surface area contributed by atoms with Crippen LogP contribution >= 0.6 is 12.2 Å². The molecular weight excluding hydrogens is 462 g/mol. The zero-order chi connectivity index (χ0) is 24.8. The molecule has 0 bridgehead atoms. The second-order valence-electron chi connectivity index (χ2n) is 8.02. The molecule has 0 radical (unpaired) electrons. The van der Waals surface area contributed by atoms with E-state index in [0.29, 0.717) is 34.9 Å². The Bertz CT molecular complexity index is 1350. The number of hydrogen-bond acceptors (Lipinski definition) is 6. The van der Waals surface area contributed by atoms with Gasteiger partial charge in [-0.15, -0.1) is 0 Å². The van der Waals surface area contributed by atoms with Gasteiger partial charge in [0.15, 0.2) is 10.7 Å². The highest BCUT2D eigenvalue weighted by Gasteiger charge is 2.13. The van der Waals surface area contributed by atoms with E-state index in [4.69, 9.17) is 26.1 Å². The molecule has 0 aliphatic rings. The topological polar surface area (TPSA) is 85.6 Å². The van der Waals surface area contributed by atoms with Crippen molar-refractivity contribution >= 4 is 40.0 Å². The van der Waals surface area contributed by atoms with Crippen molar-refractivity contribution in [1.82, 2.24) is 10.3 Å². The Kier molecular flexibility index (Phi) is 7.62. The van der Waals surface area contributed by atoms with Crippen LogP contribution in [0.4, 0.5) is 5.69 Å². The van der Waals surface area contributed by atoms with E-state index in [1.807, 2.05) is 43.3 Å². The number of oxazole rings is 1. The van der Waals surface area contributed by atoms with Gasteiger partial charge < -0.3 is 19.2 Å². The van der Waals surface area contributed by atoms with Gasteiger partial charge in [0.25, 0.3) is 5.91 Å². The van der Waals surface area contributed by atoms with Gasteiger partial charge in [-0.3, -0.25) is 10.1 Å². The van der Waals surface area contributed by atoms with Gasteiger partial charge in [0.05, 0.1) is 13.7 Å². The summed E-state index contributed by atoms with van der Waals surface area (Å²) in [4.78, 5) is 17.2. The molecule has 0 atom stereocenters. The number of carbonyl (C=O) groups is 1.